The fourth-order valence-electron chi connectivity index (χ4n) is 1.37. The van der Waals surface area contributed by atoms with Crippen molar-refractivity contribution >= 4 is 40.7 Å². The first-order valence-electron chi connectivity index (χ1n) is 5.08. The quantitative estimate of drug-likeness (QED) is 0.900. The Morgan fingerprint density at radius 2 is 2.05 bits per heavy atom. The van der Waals surface area contributed by atoms with Gasteiger partial charge in [0.05, 0.1) is 16.3 Å². The van der Waals surface area contributed by atoms with Crippen LogP contribution < -0.4 is 5.32 Å². The number of anilines is 2. The monoisotopic (exact) mass is 300 g/mol. The van der Waals surface area contributed by atoms with Gasteiger partial charge in [-0.1, -0.05) is 23.2 Å². The molecule has 0 bridgehead atoms. The minimum absolute atomic E-state index is 0.0536. The normalized spacial score (nSPS) is 10.3. The van der Waals surface area contributed by atoms with Crippen molar-refractivity contribution in [2.75, 3.05) is 5.32 Å². The molecule has 1 aromatic carbocycles. The maximum absolute atomic E-state index is 13.5. The van der Waals surface area contributed by atoms with Gasteiger partial charge in [-0.2, -0.15) is 0 Å². The zero-order chi connectivity index (χ0) is 14.0. The average molecular weight is 301 g/mol. The molecule has 2 rings (SSSR count). The second kappa shape index (κ2) is 5.42. The standard InChI is InChI=1S/C12H7Cl2FN2O2/c13-7-1-2-9(15)10(4-7)17-11-8(14)3-6(5-16-11)12(18)19/h1-5H,(H,16,17)(H,18,19). The van der Waals surface area contributed by atoms with E-state index in [1.807, 2.05) is 0 Å². The molecule has 0 fully saturated rings. The van der Waals surface area contributed by atoms with Crippen LogP contribution in [-0.4, -0.2) is 16.1 Å². The van der Waals surface area contributed by atoms with Crippen LogP contribution in [0.5, 0.6) is 0 Å². The number of carboxylic acids is 1. The van der Waals surface area contributed by atoms with Gasteiger partial charge in [0, 0.05) is 11.2 Å². The largest absolute Gasteiger partial charge is 0.478 e. The third-order valence-corrected chi connectivity index (χ3v) is 2.79. The summed E-state index contributed by atoms with van der Waals surface area (Å²) < 4.78 is 13.5. The van der Waals surface area contributed by atoms with Crippen molar-refractivity contribution in [3.8, 4) is 0 Å². The highest BCUT2D eigenvalue weighted by Gasteiger charge is 2.10. The highest BCUT2D eigenvalue weighted by Crippen LogP contribution is 2.27. The van der Waals surface area contributed by atoms with E-state index in [2.05, 4.69) is 10.3 Å². The molecule has 2 aromatic rings. The highest BCUT2D eigenvalue weighted by molar-refractivity contribution is 6.33. The van der Waals surface area contributed by atoms with Crippen LogP contribution >= 0.6 is 23.2 Å². The van der Waals surface area contributed by atoms with E-state index < -0.39 is 11.8 Å². The topological polar surface area (TPSA) is 62.2 Å². The molecule has 0 atom stereocenters. The van der Waals surface area contributed by atoms with Crippen LogP contribution in [0.25, 0.3) is 0 Å². The lowest BCUT2D eigenvalue weighted by atomic mass is 10.2. The Morgan fingerprint density at radius 3 is 2.68 bits per heavy atom. The van der Waals surface area contributed by atoms with Crippen LogP contribution in [0, 0.1) is 5.82 Å². The van der Waals surface area contributed by atoms with Gasteiger partial charge in [0.25, 0.3) is 0 Å². The first-order valence-corrected chi connectivity index (χ1v) is 5.84. The summed E-state index contributed by atoms with van der Waals surface area (Å²) in [7, 11) is 0. The van der Waals surface area contributed by atoms with E-state index in [1.165, 1.54) is 24.3 Å². The summed E-state index contributed by atoms with van der Waals surface area (Å²) in [4.78, 5) is 14.6. The van der Waals surface area contributed by atoms with E-state index >= 15 is 0 Å². The van der Waals surface area contributed by atoms with Gasteiger partial charge >= 0.3 is 5.97 Å². The van der Waals surface area contributed by atoms with Crippen LogP contribution in [0.1, 0.15) is 10.4 Å². The lowest BCUT2D eigenvalue weighted by molar-refractivity contribution is 0.0696. The molecule has 98 valence electrons. The average Bonchev–Trinajstić information content (AvgIpc) is 2.36. The number of hydrogen-bond acceptors (Lipinski definition) is 3. The van der Waals surface area contributed by atoms with Gasteiger partial charge < -0.3 is 10.4 Å². The predicted octanol–water partition coefficient (Wildman–Crippen LogP) is 3.97. The number of pyridine rings is 1. The van der Waals surface area contributed by atoms with Gasteiger partial charge in [0.15, 0.2) is 0 Å². The van der Waals surface area contributed by atoms with Gasteiger partial charge in [-0.05, 0) is 24.3 Å². The van der Waals surface area contributed by atoms with E-state index in [4.69, 9.17) is 28.3 Å². The van der Waals surface area contributed by atoms with Crippen molar-refractivity contribution in [1.29, 1.82) is 0 Å². The molecule has 0 aliphatic heterocycles. The van der Waals surface area contributed by atoms with E-state index in [0.717, 1.165) is 6.20 Å². The second-order valence-electron chi connectivity index (χ2n) is 3.61. The molecule has 0 unspecified atom stereocenters. The lowest BCUT2D eigenvalue weighted by Crippen LogP contribution is -2.01. The molecular weight excluding hydrogens is 294 g/mol. The van der Waals surface area contributed by atoms with Crippen molar-refractivity contribution in [2.24, 2.45) is 0 Å². The number of halogens is 3. The molecule has 0 saturated carbocycles. The fourth-order valence-corrected chi connectivity index (χ4v) is 1.75. The second-order valence-corrected chi connectivity index (χ2v) is 4.45. The Kier molecular flexibility index (Phi) is 3.87. The molecule has 4 nitrogen and oxygen atoms in total. The summed E-state index contributed by atoms with van der Waals surface area (Å²) in [5, 5.41) is 11.8. The zero-order valence-electron chi connectivity index (χ0n) is 9.32. The third-order valence-electron chi connectivity index (χ3n) is 2.27. The van der Waals surface area contributed by atoms with Crippen molar-refractivity contribution in [3.05, 3.63) is 51.9 Å². The minimum atomic E-state index is -1.14. The Balaban J connectivity index is 2.33. The van der Waals surface area contributed by atoms with Gasteiger partial charge in [-0.3, -0.25) is 0 Å². The van der Waals surface area contributed by atoms with E-state index in [1.54, 1.807) is 0 Å². The first-order chi connectivity index (χ1) is 8.97. The lowest BCUT2D eigenvalue weighted by Gasteiger charge is -2.09. The molecule has 2 N–H and O–H groups in total. The molecule has 1 heterocycles. The summed E-state index contributed by atoms with van der Waals surface area (Å²) in [6.07, 6.45) is 1.12. The molecule has 0 amide bonds. The van der Waals surface area contributed by atoms with Crippen LogP contribution in [-0.2, 0) is 0 Å². The van der Waals surface area contributed by atoms with Crippen molar-refractivity contribution < 1.29 is 14.3 Å². The molecule has 0 aliphatic carbocycles. The highest BCUT2D eigenvalue weighted by atomic mass is 35.5. The van der Waals surface area contributed by atoms with Gasteiger partial charge in [-0.15, -0.1) is 0 Å². The summed E-state index contributed by atoms with van der Waals surface area (Å²) in [5.41, 5.74) is 0.0482. The third kappa shape index (κ3) is 3.13. The molecule has 19 heavy (non-hydrogen) atoms. The van der Waals surface area contributed by atoms with E-state index in [-0.39, 0.29) is 22.1 Å². The molecule has 7 heteroatoms. The Labute approximate surface area is 117 Å². The molecule has 0 saturated heterocycles. The number of rotatable bonds is 3. The minimum Gasteiger partial charge on any atom is -0.478 e. The first kappa shape index (κ1) is 13.6. The summed E-state index contributed by atoms with van der Waals surface area (Å²) >= 11 is 11.6. The molecule has 1 aromatic heterocycles. The number of carboxylic acid groups (broad SMARTS) is 1. The van der Waals surface area contributed by atoms with E-state index in [9.17, 15) is 9.18 Å². The summed E-state index contributed by atoms with van der Waals surface area (Å²) in [6, 6.07) is 5.20. The maximum atomic E-state index is 13.5. The van der Waals surface area contributed by atoms with E-state index in [0.29, 0.717) is 5.02 Å². The predicted molar refractivity (Wildman–Crippen MR) is 70.9 cm³/mol. The smallest absolute Gasteiger partial charge is 0.337 e. The Morgan fingerprint density at radius 1 is 1.32 bits per heavy atom. The van der Waals surface area contributed by atoms with Crippen molar-refractivity contribution in [2.45, 2.75) is 0 Å². The van der Waals surface area contributed by atoms with Crippen molar-refractivity contribution in [3.63, 3.8) is 0 Å². The Hall–Kier alpha value is -1.85. The van der Waals surface area contributed by atoms with Crippen LogP contribution in [0.15, 0.2) is 30.5 Å². The molecule has 0 aliphatic rings. The number of carbonyl (C=O) groups is 1. The van der Waals surface area contributed by atoms with Crippen LogP contribution in [0.3, 0.4) is 0 Å². The van der Waals surface area contributed by atoms with Crippen molar-refractivity contribution in [1.82, 2.24) is 4.98 Å². The number of nitrogens with zero attached hydrogens (tertiary/aromatic N) is 1. The number of hydrogen-bond donors (Lipinski definition) is 2. The van der Waals surface area contributed by atoms with Gasteiger partial charge in [-0.25, -0.2) is 14.2 Å². The number of nitrogens with one attached hydrogen (secondary N) is 1. The molecular formula is C12H7Cl2FN2O2. The number of benzene rings is 1. The zero-order valence-corrected chi connectivity index (χ0v) is 10.8. The Bertz CT molecular complexity index is 650. The number of aromatic carboxylic acids is 1. The summed E-state index contributed by atoms with van der Waals surface area (Å²) in [5.74, 6) is -1.52. The molecule has 0 spiro atoms. The SMILES string of the molecule is O=C(O)c1cnc(Nc2cc(Cl)ccc2F)c(Cl)c1. The number of aromatic nitrogens is 1. The van der Waals surface area contributed by atoms with Gasteiger partial charge in [0.1, 0.15) is 11.6 Å². The van der Waals surface area contributed by atoms with Gasteiger partial charge in [0.2, 0.25) is 0 Å². The maximum Gasteiger partial charge on any atom is 0.337 e. The van der Waals surface area contributed by atoms with Crippen LogP contribution in [0.2, 0.25) is 10.0 Å². The molecule has 0 radical (unpaired) electrons. The fraction of sp³-hybridized carbons (Fsp3) is 0. The summed E-state index contributed by atoms with van der Waals surface area (Å²) in [6.45, 7) is 0. The van der Waals surface area contributed by atoms with Crippen LogP contribution in [0.4, 0.5) is 15.9 Å².